The van der Waals surface area contributed by atoms with E-state index in [9.17, 15) is 0 Å². The van der Waals surface area contributed by atoms with Crippen molar-refractivity contribution >= 4 is 17.4 Å². The molecule has 2 aromatic carbocycles. The van der Waals surface area contributed by atoms with Crippen LogP contribution in [0.5, 0.6) is 0 Å². The third-order valence-electron chi connectivity index (χ3n) is 3.39. The first kappa shape index (κ1) is 13.7. The van der Waals surface area contributed by atoms with Crippen LogP contribution in [0, 0.1) is 13.8 Å². The van der Waals surface area contributed by atoms with Crippen LogP contribution < -0.4 is 5.73 Å². The van der Waals surface area contributed by atoms with Crippen LogP contribution in [0.2, 0.25) is 5.02 Å². The number of halogens is 1. The monoisotopic (exact) mass is 298 g/mol. The summed E-state index contributed by atoms with van der Waals surface area (Å²) in [6.45, 7) is 4.03. The highest BCUT2D eigenvalue weighted by molar-refractivity contribution is 6.33. The number of nitrogens with two attached hydrogens (primary N) is 1. The van der Waals surface area contributed by atoms with Crippen molar-refractivity contribution in [2.75, 3.05) is 5.73 Å². The zero-order chi connectivity index (χ0) is 15.0. The summed E-state index contributed by atoms with van der Waals surface area (Å²) < 4.78 is 5.44. The zero-order valence-corrected chi connectivity index (χ0v) is 12.6. The van der Waals surface area contributed by atoms with Crippen molar-refractivity contribution in [1.82, 2.24) is 5.16 Å². The number of nitrogen functional groups attached to an aromatic ring is 1. The second-order valence-electron chi connectivity index (χ2n) is 5.12. The zero-order valence-electron chi connectivity index (χ0n) is 11.9. The van der Waals surface area contributed by atoms with E-state index in [4.69, 9.17) is 21.9 Å². The van der Waals surface area contributed by atoms with E-state index in [-0.39, 0.29) is 0 Å². The van der Waals surface area contributed by atoms with Gasteiger partial charge in [0.25, 0.3) is 0 Å². The minimum Gasteiger partial charge on any atom is -0.380 e. The Balaban J connectivity index is 2.22. The molecule has 4 heteroatoms. The molecule has 21 heavy (non-hydrogen) atoms. The summed E-state index contributed by atoms with van der Waals surface area (Å²) in [5.74, 6) is 0.968. The maximum absolute atomic E-state index is 6.34. The Hall–Kier alpha value is -2.26. The molecule has 0 amide bonds. The molecule has 0 unspecified atom stereocenters. The highest BCUT2D eigenvalue weighted by Gasteiger charge is 2.19. The van der Waals surface area contributed by atoms with E-state index in [2.05, 4.69) is 11.2 Å². The fourth-order valence-electron chi connectivity index (χ4n) is 2.37. The Kier molecular flexibility index (Phi) is 3.43. The third kappa shape index (κ3) is 2.52. The van der Waals surface area contributed by atoms with Crippen molar-refractivity contribution in [3.8, 4) is 22.5 Å². The van der Waals surface area contributed by atoms with Gasteiger partial charge in [0, 0.05) is 5.56 Å². The molecule has 3 nitrogen and oxygen atoms in total. The Morgan fingerprint density at radius 3 is 2.52 bits per heavy atom. The van der Waals surface area contributed by atoms with Gasteiger partial charge in [0.2, 0.25) is 0 Å². The van der Waals surface area contributed by atoms with Crippen molar-refractivity contribution in [1.29, 1.82) is 0 Å². The average Bonchev–Trinajstić information content (AvgIpc) is 2.80. The molecule has 2 N–H and O–H groups in total. The van der Waals surface area contributed by atoms with Gasteiger partial charge in [-0.3, -0.25) is 0 Å². The standard InChI is InChI=1S/C17H15ClN2O/c1-10-4-3-5-12(8-10)15-16(21-20-17(15)19)13-7-6-11(2)9-14(13)18/h3-9H,1-2H3,(H2,19,20). The summed E-state index contributed by atoms with van der Waals surface area (Å²) >= 11 is 6.34. The van der Waals surface area contributed by atoms with Crippen molar-refractivity contribution in [2.24, 2.45) is 0 Å². The molecule has 0 saturated carbocycles. The average molecular weight is 299 g/mol. The summed E-state index contributed by atoms with van der Waals surface area (Å²) in [4.78, 5) is 0. The smallest absolute Gasteiger partial charge is 0.178 e. The number of nitrogens with zero attached hydrogens (tertiary/aromatic N) is 1. The Morgan fingerprint density at radius 1 is 1.05 bits per heavy atom. The normalized spacial score (nSPS) is 10.8. The van der Waals surface area contributed by atoms with Crippen LogP contribution in [-0.4, -0.2) is 5.16 Å². The van der Waals surface area contributed by atoms with Crippen LogP contribution in [0.1, 0.15) is 11.1 Å². The van der Waals surface area contributed by atoms with Crippen molar-refractivity contribution < 1.29 is 4.52 Å². The lowest BCUT2D eigenvalue weighted by Crippen LogP contribution is -1.90. The summed E-state index contributed by atoms with van der Waals surface area (Å²) in [6, 6.07) is 13.9. The minimum atomic E-state index is 0.368. The Bertz CT molecular complexity index is 808. The molecule has 0 spiro atoms. The number of hydrogen-bond donors (Lipinski definition) is 1. The highest BCUT2D eigenvalue weighted by Crippen LogP contribution is 2.39. The van der Waals surface area contributed by atoms with E-state index >= 15 is 0 Å². The molecule has 3 aromatic rings. The van der Waals surface area contributed by atoms with E-state index in [0.717, 1.165) is 27.8 Å². The van der Waals surface area contributed by atoms with Gasteiger partial charge in [-0.05, 0) is 37.1 Å². The summed E-state index contributed by atoms with van der Waals surface area (Å²) in [6.07, 6.45) is 0. The van der Waals surface area contributed by atoms with Gasteiger partial charge in [-0.2, -0.15) is 0 Å². The lowest BCUT2D eigenvalue weighted by Gasteiger charge is -2.06. The van der Waals surface area contributed by atoms with Gasteiger partial charge >= 0.3 is 0 Å². The lowest BCUT2D eigenvalue weighted by molar-refractivity contribution is 0.436. The van der Waals surface area contributed by atoms with Gasteiger partial charge < -0.3 is 10.3 Å². The SMILES string of the molecule is Cc1cccc(-c2c(N)noc2-c2ccc(C)cc2Cl)c1. The van der Waals surface area contributed by atoms with Crippen molar-refractivity contribution in [2.45, 2.75) is 13.8 Å². The molecule has 1 aromatic heterocycles. The minimum absolute atomic E-state index is 0.368. The molecule has 0 radical (unpaired) electrons. The van der Waals surface area contributed by atoms with Crippen LogP contribution in [0.15, 0.2) is 47.0 Å². The van der Waals surface area contributed by atoms with Crippen LogP contribution in [0.4, 0.5) is 5.82 Å². The molecule has 1 heterocycles. The van der Waals surface area contributed by atoms with E-state index in [1.807, 2.05) is 50.2 Å². The maximum atomic E-state index is 6.34. The summed E-state index contributed by atoms with van der Waals surface area (Å²) in [5, 5.41) is 4.53. The van der Waals surface area contributed by atoms with Crippen LogP contribution >= 0.6 is 11.6 Å². The van der Waals surface area contributed by atoms with Gasteiger partial charge in [-0.1, -0.05) is 52.7 Å². The molecule has 0 fully saturated rings. The molecule has 0 bridgehead atoms. The van der Waals surface area contributed by atoms with E-state index in [1.54, 1.807) is 0 Å². The van der Waals surface area contributed by atoms with Crippen LogP contribution in [0.3, 0.4) is 0 Å². The maximum Gasteiger partial charge on any atom is 0.178 e. The van der Waals surface area contributed by atoms with Crippen molar-refractivity contribution in [3.05, 3.63) is 58.6 Å². The lowest BCUT2D eigenvalue weighted by atomic mass is 9.99. The van der Waals surface area contributed by atoms with Gasteiger partial charge in [0.15, 0.2) is 11.6 Å². The van der Waals surface area contributed by atoms with E-state index in [0.29, 0.717) is 16.6 Å². The van der Waals surface area contributed by atoms with Gasteiger partial charge in [-0.25, -0.2) is 0 Å². The number of rotatable bonds is 2. The quantitative estimate of drug-likeness (QED) is 0.735. The molecule has 0 aliphatic heterocycles. The largest absolute Gasteiger partial charge is 0.380 e. The molecule has 106 valence electrons. The van der Waals surface area contributed by atoms with E-state index < -0.39 is 0 Å². The summed E-state index contributed by atoms with van der Waals surface area (Å²) in [7, 11) is 0. The van der Waals surface area contributed by atoms with Gasteiger partial charge in [-0.15, -0.1) is 0 Å². The molecule has 3 rings (SSSR count). The number of aromatic nitrogens is 1. The number of hydrogen-bond acceptors (Lipinski definition) is 3. The molecule has 0 atom stereocenters. The second-order valence-corrected chi connectivity index (χ2v) is 5.53. The number of benzene rings is 2. The first-order valence-corrected chi connectivity index (χ1v) is 7.03. The first-order chi connectivity index (χ1) is 10.1. The van der Waals surface area contributed by atoms with Crippen LogP contribution in [0.25, 0.3) is 22.5 Å². The summed E-state index contributed by atoms with van der Waals surface area (Å²) in [5.41, 5.74) is 10.8. The van der Waals surface area contributed by atoms with Gasteiger partial charge in [0.05, 0.1) is 10.6 Å². The molecular formula is C17H15ClN2O. The number of anilines is 1. The van der Waals surface area contributed by atoms with Crippen LogP contribution in [-0.2, 0) is 0 Å². The predicted molar refractivity (Wildman–Crippen MR) is 86.3 cm³/mol. The topological polar surface area (TPSA) is 52.0 Å². The molecule has 0 saturated heterocycles. The van der Waals surface area contributed by atoms with Gasteiger partial charge in [0.1, 0.15) is 0 Å². The molecule has 0 aliphatic rings. The molecular weight excluding hydrogens is 284 g/mol. The predicted octanol–water partition coefficient (Wildman–Crippen LogP) is 4.86. The Labute approximate surface area is 128 Å². The first-order valence-electron chi connectivity index (χ1n) is 6.65. The fraction of sp³-hybridized carbons (Fsp3) is 0.118. The van der Waals surface area contributed by atoms with E-state index in [1.165, 1.54) is 0 Å². The van der Waals surface area contributed by atoms with Crippen molar-refractivity contribution in [3.63, 3.8) is 0 Å². The third-order valence-corrected chi connectivity index (χ3v) is 3.71. The highest BCUT2D eigenvalue weighted by atomic mass is 35.5. The Morgan fingerprint density at radius 2 is 1.81 bits per heavy atom. The number of aryl methyl sites for hydroxylation is 2. The second kappa shape index (κ2) is 5.26. The molecule has 0 aliphatic carbocycles. The fourth-order valence-corrected chi connectivity index (χ4v) is 2.69.